The summed E-state index contributed by atoms with van der Waals surface area (Å²) >= 11 is 1.52. The first-order valence-electron chi connectivity index (χ1n) is 9.83. The molecule has 0 radical (unpaired) electrons. The van der Waals surface area contributed by atoms with Crippen LogP contribution in [0.1, 0.15) is 6.42 Å². The number of aliphatic hydroxyl groups excluding tert-OH is 1. The summed E-state index contributed by atoms with van der Waals surface area (Å²) in [4.78, 5) is 23.5. The summed E-state index contributed by atoms with van der Waals surface area (Å²) < 4.78 is 3.43. The van der Waals surface area contributed by atoms with Gasteiger partial charge >= 0.3 is 0 Å². The van der Waals surface area contributed by atoms with E-state index in [1.54, 1.807) is 21.8 Å². The molecule has 1 aliphatic rings. The zero-order valence-electron chi connectivity index (χ0n) is 17.1. The van der Waals surface area contributed by atoms with Crippen molar-refractivity contribution in [2.24, 2.45) is 7.05 Å². The number of rotatable bonds is 6. The van der Waals surface area contributed by atoms with E-state index in [0.717, 1.165) is 27.2 Å². The van der Waals surface area contributed by atoms with E-state index in [1.165, 1.54) is 16.2 Å². The van der Waals surface area contributed by atoms with Gasteiger partial charge in [-0.3, -0.25) is 14.2 Å². The van der Waals surface area contributed by atoms with Gasteiger partial charge in [0.05, 0.1) is 36.3 Å². The number of nitrogens with zero attached hydrogens (tertiary/aromatic N) is 8. The highest BCUT2D eigenvalue weighted by Crippen LogP contribution is 2.35. The number of aliphatic hydroxyl groups is 1. The Kier molecular flexibility index (Phi) is 4.84. The lowest BCUT2D eigenvalue weighted by Crippen LogP contribution is -2.64. The standard InChI is InChI=1S/C20H19N9O2S/c1-27-9-14(7-22-27)24-19-25-17(15-2-5-32-18(15)26-19)13-6-23-29(8-13)20(3-4-21)11-28(12-20)16(31)10-30/h2,5-9,30H,3,10-12H2,1H3,(H,24,25,26). The zero-order valence-corrected chi connectivity index (χ0v) is 18.0. The number of fused-ring (bicyclic) bond motifs is 1. The average molecular weight is 450 g/mol. The number of thiophene rings is 1. The fourth-order valence-electron chi connectivity index (χ4n) is 3.88. The average Bonchev–Trinajstić information content (AvgIpc) is 3.50. The first kappa shape index (κ1) is 20.1. The van der Waals surface area contributed by atoms with Crippen LogP contribution in [0.3, 0.4) is 0 Å². The number of anilines is 2. The topological polar surface area (TPSA) is 138 Å². The number of hydrogen-bond acceptors (Lipinski definition) is 9. The second kappa shape index (κ2) is 7.70. The lowest BCUT2D eigenvalue weighted by atomic mass is 9.86. The third-order valence-electron chi connectivity index (χ3n) is 5.49. The van der Waals surface area contributed by atoms with Gasteiger partial charge in [0.1, 0.15) is 17.0 Å². The molecular weight excluding hydrogens is 430 g/mol. The molecule has 4 aromatic rings. The molecule has 0 saturated carbocycles. The molecule has 162 valence electrons. The summed E-state index contributed by atoms with van der Waals surface area (Å²) in [7, 11) is 1.83. The molecule has 5 heterocycles. The van der Waals surface area contributed by atoms with Crippen molar-refractivity contribution in [3.63, 3.8) is 0 Å². The molecular formula is C20H19N9O2S. The third-order valence-corrected chi connectivity index (χ3v) is 6.30. The van der Waals surface area contributed by atoms with Crippen molar-refractivity contribution < 1.29 is 9.90 Å². The van der Waals surface area contributed by atoms with Gasteiger partial charge in [-0.15, -0.1) is 11.3 Å². The molecule has 0 unspecified atom stereocenters. The molecule has 1 fully saturated rings. The van der Waals surface area contributed by atoms with Crippen molar-refractivity contribution in [3.8, 4) is 17.3 Å². The highest BCUT2D eigenvalue weighted by molar-refractivity contribution is 7.16. The maximum atomic E-state index is 11.8. The van der Waals surface area contributed by atoms with Crippen molar-refractivity contribution in [1.82, 2.24) is 34.4 Å². The molecule has 5 rings (SSSR count). The minimum atomic E-state index is -0.616. The molecule has 0 atom stereocenters. The summed E-state index contributed by atoms with van der Waals surface area (Å²) in [5, 5.41) is 33.2. The predicted molar refractivity (Wildman–Crippen MR) is 117 cm³/mol. The highest BCUT2D eigenvalue weighted by Gasteiger charge is 2.47. The Hall–Kier alpha value is -3.82. The van der Waals surface area contributed by atoms with Crippen molar-refractivity contribution in [1.29, 1.82) is 5.26 Å². The summed E-state index contributed by atoms with van der Waals surface area (Å²) in [6.07, 6.45) is 7.30. The summed E-state index contributed by atoms with van der Waals surface area (Å²) in [6, 6.07) is 4.17. The molecule has 1 aliphatic heterocycles. The minimum Gasteiger partial charge on any atom is -0.387 e. The van der Waals surface area contributed by atoms with Gasteiger partial charge in [0.2, 0.25) is 11.9 Å². The molecule has 0 aliphatic carbocycles. The van der Waals surface area contributed by atoms with Crippen LogP contribution in [0.15, 0.2) is 36.2 Å². The van der Waals surface area contributed by atoms with Crippen LogP contribution in [0.5, 0.6) is 0 Å². The van der Waals surface area contributed by atoms with Crippen LogP contribution in [0.4, 0.5) is 11.6 Å². The van der Waals surface area contributed by atoms with E-state index in [1.807, 2.05) is 30.9 Å². The molecule has 0 bridgehead atoms. The van der Waals surface area contributed by atoms with Crippen LogP contribution in [0, 0.1) is 11.3 Å². The quantitative estimate of drug-likeness (QED) is 0.451. The van der Waals surface area contributed by atoms with E-state index in [4.69, 9.17) is 10.1 Å². The lowest BCUT2D eigenvalue weighted by molar-refractivity contribution is -0.145. The normalized spacial score (nSPS) is 14.8. The molecule has 4 aromatic heterocycles. The Morgan fingerprint density at radius 3 is 2.88 bits per heavy atom. The molecule has 0 aromatic carbocycles. The van der Waals surface area contributed by atoms with Gasteiger partial charge in [-0.2, -0.15) is 15.5 Å². The third kappa shape index (κ3) is 3.37. The number of hydrogen-bond donors (Lipinski definition) is 2. The summed E-state index contributed by atoms with van der Waals surface area (Å²) in [6.45, 7) is 0.107. The van der Waals surface area contributed by atoms with E-state index in [2.05, 4.69) is 26.6 Å². The fourth-order valence-corrected chi connectivity index (χ4v) is 4.64. The van der Waals surface area contributed by atoms with E-state index in [0.29, 0.717) is 19.0 Å². The monoisotopic (exact) mass is 449 g/mol. The van der Waals surface area contributed by atoms with Crippen LogP contribution in [0.25, 0.3) is 21.5 Å². The summed E-state index contributed by atoms with van der Waals surface area (Å²) in [5.41, 5.74) is 1.68. The Labute approximate surface area is 186 Å². The largest absolute Gasteiger partial charge is 0.387 e. The SMILES string of the molecule is Cn1cc(Nc2nc(-c3cnn(C4(CC#N)CN(C(=O)CO)C4)c3)c3ccsc3n2)cn1. The van der Waals surface area contributed by atoms with E-state index in [-0.39, 0.29) is 12.3 Å². The molecule has 2 N–H and O–H groups in total. The Balaban J connectivity index is 1.49. The smallest absolute Gasteiger partial charge is 0.248 e. The predicted octanol–water partition coefficient (Wildman–Crippen LogP) is 1.48. The maximum absolute atomic E-state index is 11.8. The first-order valence-corrected chi connectivity index (χ1v) is 10.7. The zero-order chi connectivity index (χ0) is 22.3. The van der Waals surface area contributed by atoms with Gasteiger partial charge in [-0.05, 0) is 11.4 Å². The van der Waals surface area contributed by atoms with Gasteiger partial charge in [0.25, 0.3) is 0 Å². The van der Waals surface area contributed by atoms with Crippen LogP contribution < -0.4 is 5.32 Å². The number of nitriles is 1. The molecule has 1 saturated heterocycles. The van der Waals surface area contributed by atoms with Crippen LogP contribution in [0.2, 0.25) is 0 Å². The van der Waals surface area contributed by atoms with E-state index < -0.39 is 12.1 Å². The Morgan fingerprint density at radius 1 is 1.31 bits per heavy atom. The van der Waals surface area contributed by atoms with E-state index in [9.17, 15) is 10.1 Å². The minimum absolute atomic E-state index is 0.203. The molecule has 11 nitrogen and oxygen atoms in total. The second-order valence-corrected chi connectivity index (χ2v) is 8.60. The Morgan fingerprint density at radius 2 is 2.16 bits per heavy atom. The van der Waals surface area contributed by atoms with Crippen molar-refractivity contribution >= 4 is 39.1 Å². The van der Waals surface area contributed by atoms with Gasteiger partial charge in [0.15, 0.2) is 0 Å². The van der Waals surface area contributed by atoms with Gasteiger partial charge < -0.3 is 15.3 Å². The number of likely N-dealkylation sites (tertiary alicyclic amines) is 1. The number of amides is 1. The molecule has 32 heavy (non-hydrogen) atoms. The number of carbonyl (C=O) groups excluding carboxylic acids is 1. The van der Waals surface area contributed by atoms with Crippen molar-refractivity contribution in [2.45, 2.75) is 12.0 Å². The Bertz CT molecular complexity index is 1340. The number of nitrogens with one attached hydrogen (secondary N) is 1. The second-order valence-electron chi connectivity index (χ2n) is 7.70. The molecule has 12 heteroatoms. The van der Waals surface area contributed by atoms with Gasteiger partial charge in [-0.25, -0.2) is 9.97 Å². The number of carbonyl (C=O) groups is 1. The number of aromatic nitrogens is 6. The maximum Gasteiger partial charge on any atom is 0.248 e. The molecule has 1 amide bonds. The fraction of sp³-hybridized carbons (Fsp3) is 0.300. The van der Waals surface area contributed by atoms with Gasteiger partial charge in [-0.1, -0.05) is 0 Å². The van der Waals surface area contributed by atoms with Crippen LogP contribution in [-0.4, -0.2) is 65.1 Å². The lowest BCUT2D eigenvalue weighted by Gasteiger charge is -2.48. The summed E-state index contributed by atoms with van der Waals surface area (Å²) in [5.74, 6) is 0.0960. The number of aryl methyl sites for hydroxylation is 1. The van der Waals surface area contributed by atoms with Crippen molar-refractivity contribution in [3.05, 3.63) is 36.2 Å². The van der Waals surface area contributed by atoms with Crippen molar-refractivity contribution in [2.75, 3.05) is 25.0 Å². The van der Waals surface area contributed by atoms with Crippen LogP contribution >= 0.6 is 11.3 Å². The van der Waals surface area contributed by atoms with Gasteiger partial charge in [0, 0.05) is 43.5 Å². The van der Waals surface area contributed by atoms with E-state index >= 15 is 0 Å². The highest BCUT2D eigenvalue weighted by atomic mass is 32.1. The first-order chi connectivity index (χ1) is 15.5. The van der Waals surface area contributed by atoms with Crippen LogP contribution in [-0.2, 0) is 17.4 Å². The molecule has 0 spiro atoms.